The molecule has 1 aliphatic heterocycles. The molecular formula is C28H28N4O4. The zero-order valence-electron chi connectivity index (χ0n) is 20.4. The van der Waals surface area contributed by atoms with Gasteiger partial charge in [0.05, 0.1) is 36.2 Å². The average Bonchev–Trinajstić information content (AvgIpc) is 3.24. The van der Waals surface area contributed by atoms with Crippen molar-refractivity contribution in [1.29, 1.82) is 0 Å². The Kier molecular flexibility index (Phi) is 7.46. The number of fused-ring (bicyclic) bond motifs is 1. The van der Waals surface area contributed by atoms with Gasteiger partial charge in [0, 0.05) is 24.0 Å². The summed E-state index contributed by atoms with van der Waals surface area (Å²) < 4.78 is 4.80. The highest BCUT2D eigenvalue weighted by Gasteiger charge is 2.29. The van der Waals surface area contributed by atoms with E-state index in [9.17, 15) is 14.4 Å². The number of nitrogens with zero attached hydrogens (tertiary/aromatic N) is 1. The normalized spacial score (nSPS) is 13.5. The summed E-state index contributed by atoms with van der Waals surface area (Å²) in [5.41, 5.74) is 5.03. The monoisotopic (exact) mass is 484 g/mol. The lowest BCUT2D eigenvalue weighted by atomic mass is 9.99. The summed E-state index contributed by atoms with van der Waals surface area (Å²) in [4.78, 5) is 39.0. The molecule has 3 N–H and O–H groups in total. The summed E-state index contributed by atoms with van der Waals surface area (Å²) in [5.74, 6) is -0.779. The molecule has 36 heavy (non-hydrogen) atoms. The highest BCUT2D eigenvalue weighted by molar-refractivity contribution is 6.37. The maximum atomic E-state index is 13.1. The summed E-state index contributed by atoms with van der Waals surface area (Å²) in [6, 6.07) is 22.0. The molecule has 1 aliphatic rings. The van der Waals surface area contributed by atoms with Crippen LogP contribution in [-0.2, 0) is 14.3 Å². The number of benzene rings is 3. The van der Waals surface area contributed by atoms with Gasteiger partial charge in [-0.1, -0.05) is 43.3 Å². The van der Waals surface area contributed by atoms with Crippen LogP contribution in [0.4, 0.5) is 17.1 Å². The molecular weight excluding hydrogens is 456 g/mol. The number of hydrogen-bond acceptors (Lipinski definition) is 6. The van der Waals surface area contributed by atoms with Gasteiger partial charge in [-0.2, -0.15) is 0 Å². The third-order valence-corrected chi connectivity index (χ3v) is 5.92. The number of carbonyl (C=O) groups is 3. The Bertz CT molecular complexity index is 1320. The first kappa shape index (κ1) is 24.7. The van der Waals surface area contributed by atoms with E-state index in [0.29, 0.717) is 28.1 Å². The molecule has 8 nitrogen and oxygen atoms in total. The number of hydrogen-bond donors (Lipinski definition) is 3. The van der Waals surface area contributed by atoms with E-state index in [1.165, 1.54) is 7.11 Å². The molecule has 2 amide bonds. The second-order valence-electron chi connectivity index (χ2n) is 8.23. The fourth-order valence-corrected chi connectivity index (χ4v) is 3.96. The number of rotatable bonds is 8. The minimum Gasteiger partial charge on any atom is -0.465 e. The molecule has 0 fully saturated rings. The van der Waals surface area contributed by atoms with E-state index in [4.69, 9.17) is 4.74 Å². The summed E-state index contributed by atoms with van der Waals surface area (Å²) >= 11 is 0. The highest BCUT2D eigenvalue weighted by Crippen LogP contribution is 2.38. The van der Waals surface area contributed by atoms with Crippen LogP contribution in [0.2, 0.25) is 0 Å². The quantitative estimate of drug-likeness (QED) is 0.330. The zero-order chi connectivity index (χ0) is 25.7. The van der Waals surface area contributed by atoms with Crippen LogP contribution in [0.15, 0.2) is 72.8 Å². The molecule has 8 heteroatoms. The maximum absolute atomic E-state index is 13.1. The van der Waals surface area contributed by atoms with Crippen molar-refractivity contribution >= 4 is 46.1 Å². The molecule has 1 heterocycles. The standard InChI is InChI=1S/C28H28N4O4/c1-4-29-17-24(33)32(2)21-13-11-20(12-14-21)30-26(18-8-6-5-7-9-18)25-22-15-10-19(28(35)36-3)16-23(22)31-27(25)34/h5-16,29-30H,4,17H2,1-3H3,(H,31,34)/b26-25-. The van der Waals surface area contributed by atoms with E-state index in [2.05, 4.69) is 16.0 Å². The molecule has 0 saturated heterocycles. The minimum atomic E-state index is -0.472. The van der Waals surface area contributed by atoms with Crippen LogP contribution in [-0.4, -0.2) is 45.0 Å². The molecule has 0 unspecified atom stereocenters. The van der Waals surface area contributed by atoms with Gasteiger partial charge in [0.2, 0.25) is 5.91 Å². The van der Waals surface area contributed by atoms with Gasteiger partial charge in [0.25, 0.3) is 5.91 Å². The molecule has 0 aromatic heterocycles. The Balaban J connectivity index is 1.70. The maximum Gasteiger partial charge on any atom is 0.337 e. The van der Waals surface area contributed by atoms with Crippen molar-refractivity contribution in [2.45, 2.75) is 6.92 Å². The number of nitrogens with one attached hydrogen (secondary N) is 3. The Hall–Kier alpha value is -4.43. The molecule has 0 spiro atoms. The predicted octanol–water partition coefficient (Wildman–Crippen LogP) is 3.98. The number of anilines is 3. The summed E-state index contributed by atoms with van der Waals surface area (Å²) in [6.07, 6.45) is 0. The molecule has 3 aromatic rings. The Labute approximate surface area is 210 Å². The van der Waals surface area contributed by atoms with Crippen molar-refractivity contribution in [2.75, 3.05) is 42.8 Å². The summed E-state index contributed by atoms with van der Waals surface area (Å²) in [7, 11) is 3.06. The lowest BCUT2D eigenvalue weighted by molar-refractivity contribution is -0.117. The number of methoxy groups -OCH3 is 1. The van der Waals surface area contributed by atoms with Gasteiger partial charge in [0.1, 0.15) is 0 Å². The van der Waals surface area contributed by atoms with E-state index in [1.54, 1.807) is 30.1 Å². The number of amides is 2. The van der Waals surface area contributed by atoms with Gasteiger partial charge >= 0.3 is 5.97 Å². The Morgan fingerprint density at radius 3 is 2.36 bits per heavy atom. The van der Waals surface area contributed by atoms with Crippen molar-refractivity contribution in [2.24, 2.45) is 0 Å². The van der Waals surface area contributed by atoms with Crippen molar-refractivity contribution in [3.05, 3.63) is 89.5 Å². The largest absolute Gasteiger partial charge is 0.465 e. The fraction of sp³-hybridized carbons (Fsp3) is 0.179. The van der Waals surface area contributed by atoms with Crippen LogP contribution in [0.25, 0.3) is 11.3 Å². The SMILES string of the molecule is CCNCC(=O)N(C)c1ccc(N/C(=C2\C(=O)Nc3cc(C(=O)OC)ccc32)c2ccccc2)cc1. The number of esters is 1. The molecule has 4 rings (SSSR count). The number of ether oxygens (including phenoxy) is 1. The topological polar surface area (TPSA) is 99.8 Å². The zero-order valence-corrected chi connectivity index (χ0v) is 20.4. The van der Waals surface area contributed by atoms with Crippen molar-refractivity contribution in [1.82, 2.24) is 5.32 Å². The van der Waals surface area contributed by atoms with Crippen LogP contribution >= 0.6 is 0 Å². The second-order valence-corrected chi connectivity index (χ2v) is 8.23. The van der Waals surface area contributed by atoms with Crippen molar-refractivity contribution < 1.29 is 19.1 Å². The minimum absolute atomic E-state index is 0.0322. The van der Waals surface area contributed by atoms with Gasteiger partial charge in [-0.3, -0.25) is 9.59 Å². The van der Waals surface area contributed by atoms with Gasteiger partial charge in [-0.05, 0) is 48.5 Å². The average molecular weight is 485 g/mol. The van der Waals surface area contributed by atoms with Gasteiger partial charge in [-0.15, -0.1) is 0 Å². The predicted molar refractivity (Wildman–Crippen MR) is 142 cm³/mol. The third-order valence-electron chi connectivity index (χ3n) is 5.92. The highest BCUT2D eigenvalue weighted by atomic mass is 16.5. The van der Waals surface area contributed by atoms with Crippen LogP contribution < -0.4 is 20.9 Å². The molecule has 184 valence electrons. The lowest BCUT2D eigenvalue weighted by Crippen LogP contribution is -2.35. The molecule has 0 saturated carbocycles. The van der Waals surface area contributed by atoms with Crippen LogP contribution in [0.1, 0.15) is 28.4 Å². The second kappa shape index (κ2) is 10.9. The van der Waals surface area contributed by atoms with Crippen molar-refractivity contribution in [3.8, 4) is 0 Å². The lowest BCUT2D eigenvalue weighted by Gasteiger charge is -2.19. The summed E-state index contributed by atoms with van der Waals surface area (Å²) in [6.45, 7) is 2.94. The van der Waals surface area contributed by atoms with Gasteiger partial charge in [0.15, 0.2) is 0 Å². The fourth-order valence-electron chi connectivity index (χ4n) is 3.96. The first-order chi connectivity index (χ1) is 17.4. The molecule has 0 bridgehead atoms. The van der Waals surface area contributed by atoms with Crippen LogP contribution in [0.3, 0.4) is 0 Å². The van der Waals surface area contributed by atoms with Crippen molar-refractivity contribution in [3.63, 3.8) is 0 Å². The van der Waals surface area contributed by atoms with E-state index < -0.39 is 5.97 Å². The Morgan fingerprint density at radius 1 is 0.972 bits per heavy atom. The van der Waals surface area contributed by atoms with E-state index >= 15 is 0 Å². The van der Waals surface area contributed by atoms with Gasteiger partial charge in [-0.25, -0.2) is 4.79 Å². The van der Waals surface area contributed by atoms with E-state index in [1.807, 2.05) is 61.5 Å². The first-order valence-electron chi connectivity index (χ1n) is 11.6. The third kappa shape index (κ3) is 5.13. The van der Waals surface area contributed by atoms with E-state index in [0.717, 1.165) is 23.5 Å². The first-order valence-corrected chi connectivity index (χ1v) is 11.6. The number of likely N-dealkylation sites (N-methyl/N-ethyl adjacent to an activating group) is 2. The van der Waals surface area contributed by atoms with Gasteiger partial charge < -0.3 is 25.6 Å². The molecule has 3 aromatic carbocycles. The molecule has 0 aliphatic carbocycles. The van der Waals surface area contributed by atoms with Crippen LogP contribution in [0.5, 0.6) is 0 Å². The Morgan fingerprint density at radius 2 is 1.69 bits per heavy atom. The number of carbonyl (C=O) groups excluding carboxylic acids is 3. The smallest absolute Gasteiger partial charge is 0.337 e. The molecule has 0 atom stereocenters. The van der Waals surface area contributed by atoms with Crippen LogP contribution in [0, 0.1) is 0 Å². The summed E-state index contributed by atoms with van der Waals surface area (Å²) in [5, 5.41) is 9.30. The van der Waals surface area contributed by atoms with E-state index in [-0.39, 0.29) is 18.4 Å². The molecule has 0 radical (unpaired) electrons.